The third-order valence-corrected chi connectivity index (χ3v) is 13.0. The number of hydrogen-bond donors (Lipinski definition) is 0. The molecule has 162 valence electrons. The zero-order valence-corrected chi connectivity index (χ0v) is 20.9. The second kappa shape index (κ2) is 10.9. The van der Waals surface area contributed by atoms with Crippen LogP contribution in [0.4, 0.5) is 0 Å². The molecule has 0 saturated heterocycles. The van der Waals surface area contributed by atoms with Gasteiger partial charge in [0, 0.05) is 25.9 Å². The summed E-state index contributed by atoms with van der Waals surface area (Å²) >= 11 is 0. The van der Waals surface area contributed by atoms with E-state index in [4.69, 9.17) is 0 Å². The maximum absolute atomic E-state index is 3.00. The largest absolute Gasteiger partial charge is 0.251 e. The van der Waals surface area contributed by atoms with Gasteiger partial charge in [-0.05, 0) is 49.1 Å². The Balaban J connectivity index is 1.85. The Morgan fingerprint density at radius 2 is 1.13 bits per heavy atom. The van der Waals surface area contributed by atoms with Crippen molar-refractivity contribution in [1.82, 2.24) is 4.44 Å². The summed E-state index contributed by atoms with van der Waals surface area (Å²) in [7, 11) is -0.841. The van der Waals surface area contributed by atoms with Crippen molar-refractivity contribution in [2.75, 3.05) is 6.54 Å². The summed E-state index contributed by atoms with van der Waals surface area (Å²) in [6.45, 7) is 8.33. The third kappa shape index (κ3) is 4.66. The summed E-state index contributed by atoms with van der Waals surface area (Å²) in [6.07, 6.45) is 4.97. The van der Waals surface area contributed by atoms with E-state index in [-0.39, 0.29) is 8.07 Å². The molecule has 0 amide bonds. The van der Waals surface area contributed by atoms with E-state index in [0.717, 1.165) is 0 Å². The Kier molecular flexibility index (Phi) is 7.95. The first-order valence-electron chi connectivity index (χ1n) is 11.8. The van der Waals surface area contributed by atoms with E-state index >= 15 is 0 Å². The lowest BCUT2D eigenvalue weighted by Crippen LogP contribution is -2.27. The normalized spacial score (nSPS) is 18.6. The molecule has 0 bridgehead atoms. The van der Waals surface area contributed by atoms with Crippen LogP contribution in [0.2, 0.25) is 0 Å². The van der Waals surface area contributed by atoms with Crippen LogP contribution in [0, 0.1) is 0 Å². The quantitative estimate of drug-likeness (QED) is 0.299. The molecule has 0 aliphatic carbocycles. The number of rotatable bonds is 9. The lowest BCUT2D eigenvalue weighted by atomic mass is 10.00. The van der Waals surface area contributed by atoms with E-state index in [2.05, 4.69) is 110 Å². The number of fused-ring (bicyclic) bond motifs is 1. The van der Waals surface area contributed by atoms with Crippen LogP contribution in [0.1, 0.15) is 68.9 Å². The molecule has 0 fully saturated rings. The molecule has 1 aliphatic heterocycles. The van der Waals surface area contributed by atoms with Crippen LogP contribution in [0.15, 0.2) is 84.9 Å². The van der Waals surface area contributed by atoms with Crippen LogP contribution in [-0.4, -0.2) is 11.0 Å². The molecule has 3 aromatic rings. The van der Waals surface area contributed by atoms with Gasteiger partial charge < -0.3 is 0 Å². The first-order chi connectivity index (χ1) is 15.3. The number of hydrogen-bond acceptors (Lipinski definition) is 1. The van der Waals surface area contributed by atoms with Crippen molar-refractivity contribution in [1.29, 1.82) is 0 Å². The van der Waals surface area contributed by atoms with Crippen LogP contribution < -0.4 is 10.6 Å². The second-order valence-corrected chi connectivity index (χ2v) is 13.2. The van der Waals surface area contributed by atoms with Crippen LogP contribution >= 0.6 is 16.1 Å². The minimum absolute atomic E-state index is 0.299. The summed E-state index contributed by atoms with van der Waals surface area (Å²) < 4.78 is 3.00. The van der Waals surface area contributed by atoms with Crippen molar-refractivity contribution in [3.8, 4) is 0 Å². The van der Waals surface area contributed by atoms with Gasteiger partial charge in [-0.2, -0.15) is 0 Å². The fraction of sp³-hybridized carbons (Fsp3) is 0.357. The van der Waals surface area contributed by atoms with Crippen molar-refractivity contribution in [3.05, 3.63) is 96.1 Å². The van der Waals surface area contributed by atoms with Gasteiger partial charge >= 0.3 is 0 Å². The minimum Gasteiger partial charge on any atom is -0.251 e. The minimum atomic E-state index is -0.542. The van der Waals surface area contributed by atoms with Crippen molar-refractivity contribution in [2.45, 2.75) is 57.8 Å². The van der Waals surface area contributed by atoms with E-state index < -0.39 is 8.07 Å². The van der Waals surface area contributed by atoms with Gasteiger partial charge in [-0.15, -0.1) is 0 Å². The van der Waals surface area contributed by atoms with E-state index in [0.29, 0.717) is 11.3 Å². The molecule has 2 atom stereocenters. The SMILES string of the molecule is CCCCN(P(c1ccccc1)c1ccccc1)P1[C@H](CC)c2ccccc2[C@H]1CC. The van der Waals surface area contributed by atoms with Crippen LogP contribution in [0.3, 0.4) is 0 Å². The third-order valence-electron chi connectivity index (χ3n) is 6.34. The fourth-order valence-corrected chi connectivity index (χ4v) is 12.4. The first kappa shape index (κ1) is 22.7. The van der Waals surface area contributed by atoms with Gasteiger partial charge in [0.15, 0.2) is 0 Å². The molecular weight excluding hydrogens is 412 g/mol. The second-order valence-electron chi connectivity index (χ2n) is 8.29. The molecule has 1 nitrogen and oxygen atoms in total. The van der Waals surface area contributed by atoms with E-state index in [9.17, 15) is 0 Å². The Bertz CT molecular complexity index is 873. The number of nitrogens with zero attached hydrogens (tertiary/aromatic N) is 1. The molecule has 0 saturated carbocycles. The fourth-order valence-electron chi connectivity index (χ4n) is 4.93. The zero-order valence-electron chi connectivity index (χ0n) is 19.1. The molecule has 3 heteroatoms. The molecule has 0 spiro atoms. The van der Waals surface area contributed by atoms with Gasteiger partial charge in [-0.3, -0.25) is 4.44 Å². The van der Waals surface area contributed by atoms with Crippen LogP contribution in [0.5, 0.6) is 0 Å². The molecule has 0 aromatic heterocycles. The zero-order chi connectivity index (χ0) is 21.6. The molecule has 0 N–H and O–H groups in total. The lowest BCUT2D eigenvalue weighted by Gasteiger charge is -2.42. The topological polar surface area (TPSA) is 3.24 Å². The van der Waals surface area contributed by atoms with Gasteiger partial charge in [0.2, 0.25) is 0 Å². The van der Waals surface area contributed by atoms with Gasteiger partial charge in [0.05, 0.1) is 0 Å². The molecule has 4 rings (SSSR count). The molecule has 0 unspecified atom stereocenters. The Hall–Kier alpha value is -1.52. The predicted molar refractivity (Wildman–Crippen MR) is 140 cm³/mol. The molecule has 3 aromatic carbocycles. The molecule has 1 heterocycles. The summed E-state index contributed by atoms with van der Waals surface area (Å²) in [5, 5.41) is 2.98. The van der Waals surface area contributed by atoms with Crippen molar-refractivity contribution in [2.24, 2.45) is 0 Å². The van der Waals surface area contributed by atoms with Gasteiger partial charge in [-0.1, -0.05) is 112 Å². The van der Waals surface area contributed by atoms with Gasteiger partial charge in [0.1, 0.15) is 0 Å². The lowest BCUT2D eigenvalue weighted by molar-refractivity contribution is 0.623. The van der Waals surface area contributed by atoms with Crippen LogP contribution in [0.25, 0.3) is 0 Å². The first-order valence-corrected chi connectivity index (χ1v) is 14.6. The highest BCUT2D eigenvalue weighted by Crippen LogP contribution is 2.76. The standard InChI is InChI=1S/C28H35NP2/c1-4-7-22-29(30(23-16-10-8-11-17-23)24-18-12-9-13-19-24)31-27(5-2)25-20-14-15-21-26(25)28(31)6-3/h8-21,27-28H,4-7,22H2,1-3H3/t27-,28-/m1/s1. The smallest absolute Gasteiger partial charge is 0.0318 e. The predicted octanol–water partition coefficient (Wildman–Crippen LogP) is 8.15. The maximum atomic E-state index is 3.00. The molecule has 31 heavy (non-hydrogen) atoms. The average molecular weight is 448 g/mol. The van der Waals surface area contributed by atoms with Gasteiger partial charge in [-0.25, -0.2) is 0 Å². The van der Waals surface area contributed by atoms with Gasteiger partial charge in [0.25, 0.3) is 0 Å². The molecular formula is C28H35NP2. The highest BCUT2D eigenvalue weighted by Gasteiger charge is 2.44. The summed E-state index contributed by atoms with van der Waals surface area (Å²) in [6, 6.07) is 32.0. The Morgan fingerprint density at radius 3 is 1.55 bits per heavy atom. The molecule has 1 aliphatic rings. The highest BCUT2D eigenvalue weighted by atomic mass is 31.2. The number of unbranched alkanes of at least 4 members (excludes halogenated alkanes) is 1. The summed E-state index contributed by atoms with van der Waals surface area (Å²) in [5.74, 6) is 0. The van der Waals surface area contributed by atoms with E-state index in [1.807, 2.05) is 0 Å². The summed E-state index contributed by atoms with van der Waals surface area (Å²) in [4.78, 5) is 0. The average Bonchev–Trinajstić information content (AvgIpc) is 3.16. The van der Waals surface area contributed by atoms with E-state index in [1.165, 1.54) is 42.8 Å². The van der Waals surface area contributed by atoms with E-state index in [1.54, 1.807) is 11.1 Å². The maximum Gasteiger partial charge on any atom is 0.0318 e. The monoisotopic (exact) mass is 447 g/mol. The van der Waals surface area contributed by atoms with Crippen LogP contribution in [-0.2, 0) is 0 Å². The number of benzene rings is 3. The Labute approximate surface area is 191 Å². The summed E-state index contributed by atoms with van der Waals surface area (Å²) in [5.41, 5.74) is 4.59. The highest BCUT2D eigenvalue weighted by molar-refractivity contribution is 7.79. The molecule has 0 radical (unpaired) electrons. The van der Waals surface area contributed by atoms with Crippen molar-refractivity contribution >= 4 is 26.8 Å². The van der Waals surface area contributed by atoms with Crippen molar-refractivity contribution in [3.63, 3.8) is 0 Å². The Morgan fingerprint density at radius 1 is 0.677 bits per heavy atom. The van der Waals surface area contributed by atoms with Crippen molar-refractivity contribution < 1.29 is 0 Å².